The van der Waals surface area contributed by atoms with Crippen molar-refractivity contribution in [1.82, 2.24) is 0 Å². The van der Waals surface area contributed by atoms with E-state index >= 15 is 0 Å². The Morgan fingerprint density at radius 2 is 1.91 bits per heavy atom. The molecule has 2 aromatic rings. The maximum Gasteiger partial charge on any atom is 0.185 e. The fourth-order valence-electron chi connectivity index (χ4n) is 2.18. The molecule has 0 fully saturated rings. The molecule has 4 heteroatoms. The van der Waals surface area contributed by atoms with Crippen LogP contribution in [0.25, 0.3) is 6.08 Å². The molecule has 3 rings (SSSR count). The topological polar surface area (TPSA) is 59.3 Å². The van der Waals surface area contributed by atoms with Gasteiger partial charge in [0.2, 0.25) is 0 Å². The number of benzene rings is 2. The fraction of sp³-hybridized carbons (Fsp3) is 0.111. The second-order valence-corrected chi connectivity index (χ2v) is 4.79. The number of ketones is 1. The van der Waals surface area contributed by atoms with Gasteiger partial charge >= 0.3 is 0 Å². The lowest BCUT2D eigenvalue weighted by Crippen LogP contribution is -2.15. The number of carbonyl (C=O) groups excluding carboxylic acids is 1. The monoisotopic (exact) mass is 291 g/mol. The van der Waals surface area contributed by atoms with Crippen molar-refractivity contribution < 1.29 is 14.3 Å². The number of hydrogen-bond acceptors (Lipinski definition) is 4. The van der Waals surface area contributed by atoms with Gasteiger partial charge in [-0.3, -0.25) is 4.79 Å². The van der Waals surface area contributed by atoms with Crippen LogP contribution in [0.15, 0.2) is 48.5 Å². The quantitative estimate of drug-likeness (QED) is 0.643. The lowest BCUT2D eigenvalue weighted by Gasteiger charge is -2.18. The van der Waals surface area contributed by atoms with Crippen LogP contribution < -0.4 is 9.47 Å². The zero-order valence-corrected chi connectivity index (χ0v) is 11.8. The molecule has 22 heavy (non-hydrogen) atoms. The zero-order valence-electron chi connectivity index (χ0n) is 11.8. The molecule has 0 saturated heterocycles. The molecule has 4 nitrogen and oxygen atoms in total. The Balaban J connectivity index is 1.79. The highest BCUT2D eigenvalue weighted by atomic mass is 16.6. The van der Waals surface area contributed by atoms with Crippen molar-refractivity contribution in [1.29, 1.82) is 5.26 Å². The Morgan fingerprint density at radius 1 is 1.09 bits per heavy atom. The minimum Gasteiger partial charge on any atom is -0.486 e. The molecule has 1 aliphatic heterocycles. The van der Waals surface area contributed by atoms with E-state index in [1.807, 2.05) is 6.07 Å². The number of nitriles is 1. The normalized spacial score (nSPS) is 12.9. The van der Waals surface area contributed by atoms with Crippen molar-refractivity contribution in [3.63, 3.8) is 0 Å². The third-order valence-electron chi connectivity index (χ3n) is 3.27. The van der Waals surface area contributed by atoms with Gasteiger partial charge in [0.25, 0.3) is 0 Å². The molecule has 0 saturated carbocycles. The molecule has 0 atom stereocenters. The van der Waals surface area contributed by atoms with Crippen LogP contribution >= 0.6 is 0 Å². The first-order valence-electron chi connectivity index (χ1n) is 6.88. The van der Waals surface area contributed by atoms with Crippen LogP contribution in [0.3, 0.4) is 0 Å². The molecule has 0 radical (unpaired) electrons. The van der Waals surface area contributed by atoms with E-state index in [2.05, 4.69) is 6.07 Å². The third-order valence-corrected chi connectivity index (χ3v) is 3.27. The van der Waals surface area contributed by atoms with Crippen LogP contribution in [-0.2, 0) is 0 Å². The summed E-state index contributed by atoms with van der Waals surface area (Å²) in [5, 5.41) is 8.86. The Morgan fingerprint density at radius 3 is 2.73 bits per heavy atom. The summed E-state index contributed by atoms with van der Waals surface area (Å²) in [5.74, 6) is 1.13. The Labute approximate surface area is 128 Å². The molecule has 108 valence electrons. The summed E-state index contributed by atoms with van der Waals surface area (Å²) in [4.78, 5) is 12.2. The van der Waals surface area contributed by atoms with Crippen molar-refractivity contribution >= 4 is 11.9 Å². The predicted octanol–water partition coefficient (Wildman–Crippen LogP) is 3.23. The van der Waals surface area contributed by atoms with Crippen LogP contribution in [0.1, 0.15) is 21.5 Å². The average Bonchev–Trinajstić information content (AvgIpc) is 2.59. The summed E-state index contributed by atoms with van der Waals surface area (Å²) < 4.78 is 10.9. The summed E-state index contributed by atoms with van der Waals surface area (Å²) in [6, 6.07) is 14.3. The molecule has 1 aliphatic rings. The van der Waals surface area contributed by atoms with Crippen LogP contribution in [0.5, 0.6) is 11.5 Å². The Bertz CT molecular complexity index is 787. The standard InChI is InChI=1S/C18H13NO3/c19-12-14-3-1-2-13(10-14)4-6-16(20)15-5-7-17-18(11-15)22-9-8-21-17/h1-7,10-11H,8-9H2/b6-4+. The van der Waals surface area contributed by atoms with Gasteiger partial charge in [0.1, 0.15) is 13.2 Å². The van der Waals surface area contributed by atoms with Crippen LogP contribution in [0.4, 0.5) is 0 Å². The predicted molar refractivity (Wildman–Crippen MR) is 82.0 cm³/mol. The molecule has 0 aliphatic carbocycles. The van der Waals surface area contributed by atoms with Gasteiger partial charge in [-0.15, -0.1) is 0 Å². The summed E-state index contributed by atoms with van der Waals surface area (Å²) in [7, 11) is 0. The van der Waals surface area contributed by atoms with Gasteiger partial charge in [0.15, 0.2) is 17.3 Å². The summed E-state index contributed by atoms with van der Waals surface area (Å²) >= 11 is 0. The average molecular weight is 291 g/mol. The molecular formula is C18H13NO3. The first-order chi connectivity index (χ1) is 10.8. The zero-order chi connectivity index (χ0) is 15.4. The van der Waals surface area contributed by atoms with Crippen molar-refractivity contribution in [3.8, 4) is 17.6 Å². The van der Waals surface area contributed by atoms with Crippen molar-refractivity contribution in [2.45, 2.75) is 0 Å². The number of carbonyl (C=O) groups is 1. The van der Waals surface area contributed by atoms with E-state index in [0.717, 1.165) is 5.56 Å². The first-order valence-corrected chi connectivity index (χ1v) is 6.88. The van der Waals surface area contributed by atoms with E-state index in [1.165, 1.54) is 6.08 Å². The van der Waals surface area contributed by atoms with E-state index in [1.54, 1.807) is 42.5 Å². The number of nitrogens with zero attached hydrogens (tertiary/aromatic N) is 1. The molecule has 0 amide bonds. The first kappa shape index (κ1) is 13.9. The van der Waals surface area contributed by atoms with Gasteiger partial charge in [-0.25, -0.2) is 0 Å². The number of rotatable bonds is 3. The second kappa shape index (κ2) is 6.15. The Hall–Kier alpha value is -3.06. The molecule has 1 heterocycles. The number of hydrogen-bond donors (Lipinski definition) is 0. The van der Waals surface area contributed by atoms with Gasteiger partial charge in [-0.2, -0.15) is 5.26 Å². The fourth-order valence-corrected chi connectivity index (χ4v) is 2.18. The molecular weight excluding hydrogens is 278 g/mol. The van der Waals surface area contributed by atoms with Crippen molar-refractivity contribution in [2.75, 3.05) is 13.2 Å². The van der Waals surface area contributed by atoms with E-state index in [9.17, 15) is 4.79 Å². The molecule has 0 aromatic heterocycles. The third kappa shape index (κ3) is 2.99. The van der Waals surface area contributed by atoms with E-state index in [4.69, 9.17) is 14.7 Å². The molecule has 0 spiro atoms. The van der Waals surface area contributed by atoms with Crippen molar-refractivity contribution in [2.24, 2.45) is 0 Å². The van der Waals surface area contributed by atoms with Gasteiger partial charge in [-0.1, -0.05) is 18.2 Å². The smallest absolute Gasteiger partial charge is 0.185 e. The maximum atomic E-state index is 12.2. The highest BCUT2D eigenvalue weighted by Gasteiger charge is 2.13. The highest BCUT2D eigenvalue weighted by Crippen LogP contribution is 2.30. The van der Waals surface area contributed by atoms with Crippen LogP contribution in [0, 0.1) is 11.3 Å². The van der Waals surface area contributed by atoms with Crippen molar-refractivity contribution in [3.05, 3.63) is 65.2 Å². The summed E-state index contributed by atoms with van der Waals surface area (Å²) in [5.41, 5.74) is 1.91. The summed E-state index contributed by atoms with van der Waals surface area (Å²) in [6.45, 7) is 1.01. The molecule has 0 bridgehead atoms. The largest absolute Gasteiger partial charge is 0.486 e. The van der Waals surface area contributed by atoms with Gasteiger partial charge in [-0.05, 0) is 42.0 Å². The van der Waals surface area contributed by atoms with Gasteiger partial charge in [0, 0.05) is 5.56 Å². The Kier molecular flexibility index (Phi) is 3.88. The van der Waals surface area contributed by atoms with Gasteiger partial charge < -0.3 is 9.47 Å². The lowest BCUT2D eigenvalue weighted by atomic mass is 10.1. The molecule has 2 aromatic carbocycles. The van der Waals surface area contributed by atoms with E-state index < -0.39 is 0 Å². The van der Waals surface area contributed by atoms with Gasteiger partial charge in [0.05, 0.1) is 11.6 Å². The minimum atomic E-state index is -0.126. The number of ether oxygens (including phenoxy) is 2. The SMILES string of the molecule is N#Cc1cccc(/C=C/C(=O)c2ccc3c(c2)OCCO3)c1. The summed E-state index contributed by atoms with van der Waals surface area (Å²) in [6.07, 6.45) is 3.18. The molecule has 0 unspecified atom stereocenters. The number of allylic oxidation sites excluding steroid dienone is 1. The maximum absolute atomic E-state index is 12.2. The van der Waals surface area contributed by atoms with E-state index in [-0.39, 0.29) is 5.78 Å². The number of fused-ring (bicyclic) bond motifs is 1. The highest BCUT2D eigenvalue weighted by molar-refractivity contribution is 6.07. The minimum absolute atomic E-state index is 0.126. The molecule has 0 N–H and O–H groups in total. The van der Waals surface area contributed by atoms with E-state index in [0.29, 0.717) is 35.8 Å². The van der Waals surface area contributed by atoms with Crippen LogP contribution in [-0.4, -0.2) is 19.0 Å². The lowest BCUT2D eigenvalue weighted by molar-refractivity contribution is 0.104. The van der Waals surface area contributed by atoms with Crippen LogP contribution in [0.2, 0.25) is 0 Å². The second-order valence-electron chi connectivity index (χ2n) is 4.79.